The summed E-state index contributed by atoms with van der Waals surface area (Å²) in [5.41, 5.74) is 5.48. The van der Waals surface area contributed by atoms with E-state index in [9.17, 15) is 5.11 Å². The predicted octanol–water partition coefficient (Wildman–Crippen LogP) is 1.91. The Balaban J connectivity index is 2.21. The fraction of sp³-hybridized carbons (Fsp3) is 0.600. The number of ether oxygens (including phenoxy) is 1. The zero-order valence-corrected chi connectivity index (χ0v) is 10.7. The zero-order chi connectivity index (χ0) is 10.9. The van der Waals surface area contributed by atoms with Crippen LogP contribution in [0.25, 0.3) is 0 Å². The third-order valence-corrected chi connectivity index (χ3v) is 4.66. The van der Waals surface area contributed by atoms with Crippen molar-refractivity contribution in [2.45, 2.75) is 12.5 Å². The first-order chi connectivity index (χ1) is 7.18. The SMILES string of the molecule is NCC1(C(O)c2ccc(Br)s2)CCOC1. The van der Waals surface area contributed by atoms with Crippen LogP contribution in [-0.4, -0.2) is 24.9 Å². The van der Waals surface area contributed by atoms with Gasteiger partial charge in [0.05, 0.1) is 16.5 Å². The van der Waals surface area contributed by atoms with Crippen LogP contribution >= 0.6 is 27.3 Å². The largest absolute Gasteiger partial charge is 0.387 e. The highest BCUT2D eigenvalue weighted by Gasteiger charge is 2.41. The number of hydrogen-bond donors (Lipinski definition) is 2. The number of aliphatic hydroxyl groups is 1. The second-order valence-corrected chi connectivity index (χ2v) is 6.41. The Morgan fingerprint density at radius 2 is 2.47 bits per heavy atom. The van der Waals surface area contributed by atoms with E-state index in [1.165, 1.54) is 0 Å². The Hall–Kier alpha value is 0.0600. The second-order valence-electron chi connectivity index (χ2n) is 3.91. The van der Waals surface area contributed by atoms with E-state index in [0.29, 0.717) is 19.8 Å². The van der Waals surface area contributed by atoms with E-state index in [1.54, 1.807) is 11.3 Å². The van der Waals surface area contributed by atoms with Gasteiger partial charge in [-0.15, -0.1) is 11.3 Å². The van der Waals surface area contributed by atoms with Gasteiger partial charge in [-0.3, -0.25) is 0 Å². The van der Waals surface area contributed by atoms with Crippen LogP contribution in [0, 0.1) is 5.41 Å². The van der Waals surface area contributed by atoms with Gasteiger partial charge in [0.15, 0.2) is 0 Å². The molecule has 1 saturated heterocycles. The maximum Gasteiger partial charge on any atom is 0.0973 e. The van der Waals surface area contributed by atoms with Gasteiger partial charge >= 0.3 is 0 Å². The molecule has 1 aliphatic heterocycles. The summed E-state index contributed by atoms with van der Waals surface area (Å²) in [6, 6.07) is 3.89. The molecular weight excluding hydrogens is 278 g/mol. The lowest BCUT2D eigenvalue weighted by molar-refractivity contribution is 0.0215. The van der Waals surface area contributed by atoms with Gasteiger partial charge in [0, 0.05) is 23.4 Å². The number of halogens is 1. The van der Waals surface area contributed by atoms with E-state index in [-0.39, 0.29) is 5.41 Å². The van der Waals surface area contributed by atoms with Crippen molar-refractivity contribution in [3.8, 4) is 0 Å². The number of thiophene rings is 1. The normalized spacial score (nSPS) is 28.2. The van der Waals surface area contributed by atoms with Gasteiger partial charge in [-0.05, 0) is 34.5 Å². The summed E-state index contributed by atoms with van der Waals surface area (Å²) in [6.07, 6.45) is 0.321. The lowest BCUT2D eigenvalue weighted by Crippen LogP contribution is -2.37. The molecule has 1 aliphatic rings. The van der Waals surface area contributed by atoms with Crippen molar-refractivity contribution < 1.29 is 9.84 Å². The van der Waals surface area contributed by atoms with Crippen LogP contribution in [0.4, 0.5) is 0 Å². The quantitative estimate of drug-likeness (QED) is 0.894. The highest BCUT2D eigenvalue weighted by Crippen LogP contribution is 2.42. The molecule has 2 atom stereocenters. The monoisotopic (exact) mass is 291 g/mol. The molecule has 1 aromatic heterocycles. The van der Waals surface area contributed by atoms with E-state index in [1.807, 2.05) is 12.1 Å². The number of aliphatic hydroxyl groups excluding tert-OH is 1. The molecule has 2 unspecified atom stereocenters. The van der Waals surface area contributed by atoms with Gasteiger partial charge in [-0.2, -0.15) is 0 Å². The summed E-state index contributed by atoms with van der Waals surface area (Å²) in [4.78, 5) is 0.956. The molecule has 1 aromatic rings. The standard InChI is InChI=1S/C10H14BrNO2S/c11-8-2-1-7(15-8)9(13)10(5-12)3-4-14-6-10/h1-2,9,13H,3-6,12H2. The van der Waals surface area contributed by atoms with E-state index in [0.717, 1.165) is 15.1 Å². The molecule has 5 heteroatoms. The molecule has 0 aliphatic carbocycles. The number of nitrogens with two attached hydrogens (primary N) is 1. The summed E-state index contributed by atoms with van der Waals surface area (Å²) < 4.78 is 6.38. The maximum atomic E-state index is 10.3. The Kier molecular flexibility index (Phi) is 3.47. The molecule has 2 heterocycles. The van der Waals surface area contributed by atoms with Crippen LogP contribution < -0.4 is 5.73 Å². The molecule has 0 bridgehead atoms. The summed E-state index contributed by atoms with van der Waals surface area (Å²) in [5, 5.41) is 10.3. The average molecular weight is 292 g/mol. The van der Waals surface area contributed by atoms with Crippen LogP contribution in [0.15, 0.2) is 15.9 Å². The Labute approximate surface area is 101 Å². The topological polar surface area (TPSA) is 55.5 Å². The van der Waals surface area contributed by atoms with Crippen LogP contribution in [0.5, 0.6) is 0 Å². The minimum Gasteiger partial charge on any atom is -0.387 e. The van der Waals surface area contributed by atoms with Gasteiger partial charge in [-0.25, -0.2) is 0 Å². The smallest absolute Gasteiger partial charge is 0.0973 e. The first-order valence-electron chi connectivity index (χ1n) is 4.89. The summed E-state index contributed by atoms with van der Waals surface area (Å²) in [7, 11) is 0. The Bertz CT molecular complexity index is 336. The summed E-state index contributed by atoms with van der Waals surface area (Å²) in [6.45, 7) is 1.71. The van der Waals surface area contributed by atoms with E-state index in [4.69, 9.17) is 10.5 Å². The highest BCUT2D eigenvalue weighted by molar-refractivity contribution is 9.11. The second kappa shape index (κ2) is 4.51. The Morgan fingerprint density at radius 1 is 1.67 bits per heavy atom. The van der Waals surface area contributed by atoms with Crippen LogP contribution in [0.3, 0.4) is 0 Å². The molecule has 3 nitrogen and oxygen atoms in total. The van der Waals surface area contributed by atoms with Gasteiger partial charge in [0.2, 0.25) is 0 Å². The van der Waals surface area contributed by atoms with Crippen LogP contribution in [-0.2, 0) is 4.74 Å². The number of hydrogen-bond acceptors (Lipinski definition) is 4. The Morgan fingerprint density at radius 3 is 2.93 bits per heavy atom. The van der Waals surface area contributed by atoms with Gasteiger partial charge in [0.25, 0.3) is 0 Å². The van der Waals surface area contributed by atoms with Gasteiger partial charge in [-0.1, -0.05) is 0 Å². The van der Waals surface area contributed by atoms with Crippen molar-refractivity contribution in [2.75, 3.05) is 19.8 Å². The molecule has 1 fully saturated rings. The molecule has 15 heavy (non-hydrogen) atoms. The first kappa shape index (κ1) is 11.5. The molecule has 84 valence electrons. The van der Waals surface area contributed by atoms with E-state index < -0.39 is 6.10 Å². The van der Waals surface area contributed by atoms with Crippen molar-refractivity contribution >= 4 is 27.3 Å². The molecule has 0 spiro atoms. The maximum absolute atomic E-state index is 10.3. The minimum absolute atomic E-state index is 0.287. The van der Waals surface area contributed by atoms with Crippen molar-refractivity contribution in [2.24, 2.45) is 11.1 Å². The molecule has 0 saturated carbocycles. The van der Waals surface area contributed by atoms with E-state index in [2.05, 4.69) is 15.9 Å². The molecule has 2 rings (SSSR count). The molecule has 3 N–H and O–H groups in total. The fourth-order valence-electron chi connectivity index (χ4n) is 1.89. The van der Waals surface area contributed by atoms with Gasteiger partial charge in [0.1, 0.15) is 0 Å². The predicted molar refractivity (Wildman–Crippen MR) is 63.9 cm³/mol. The molecular formula is C10H14BrNO2S. The first-order valence-corrected chi connectivity index (χ1v) is 6.50. The summed E-state index contributed by atoms with van der Waals surface area (Å²) >= 11 is 4.95. The zero-order valence-electron chi connectivity index (χ0n) is 8.28. The third-order valence-electron chi connectivity index (χ3n) is 2.98. The van der Waals surface area contributed by atoms with Crippen molar-refractivity contribution in [1.82, 2.24) is 0 Å². The number of rotatable bonds is 3. The summed E-state index contributed by atoms with van der Waals surface area (Å²) in [5.74, 6) is 0. The minimum atomic E-state index is -0.513. The van der Waals surface area contributed by atoms with Crippen molar-refractivity contribution in [1.29, 1.82) is 0 Å². The fourth-order valence-corrected chi connectivity index (χ4v) is 3.44. The van der Waals surface area contributed by atoms with E-state index >= 15 is 0 Å². The molecule has 0 radical (unpaired) electrons. The third kappa shape index (κ3) is 2.12. The van der Waals surface area contributed by atoms with Gasteiger partial charge < -0.3 is 15.6 Å². The highest BCUT2D eigenvalue weighted by atomic mass is 79.9. The molecule has 0 amide bonds. The lowest BCUT2D eigenvalue weighted by Gasteiger charge is -2.30. The van der Waals surface area contributed by atoms with Crippen LogP contribution in [0.2, 0.25) is 0 Å². The van der Waals surface area contributed by atoms with Crippen LogP contribution in [0.1, 0.15) is 17.4 Å². The average Bonchev–Trinajstić information content (AvgIpc) is 2.86. The molecule has 0 aromatic carbocycles. The van der Waals surface area contributed by atoms with Crippen molar-refractivity contribution in [3.63, 3.8) is 0 Å². The van der Waals surface area contributed by atoms with Crippen molar-refractivity contribution in [3.05, 3.63) is 20.8 Å². The lowest BCUT2D eigenvalue weighted by atomic mass is 9.81.